The summed E-state index contributed by atoms with van der Waals surface area (Å²) in [5.74, 6) is 0.570. The minimum atomic E-state index is 0.0537. The molecule has 3 rings (SSSR count). The number of benzene rings is 1. The van der Waals surface area contributed by atoms with E-state index >= 15 is 0 Å². The van der Waals surface area contributed by atoms with Crippen LogP contribution in [-0.4, -0.2) is 30.5 Å². The van der Waals surface area contributed by atoms with Crippen LogP contribution in [0.25, 0.3) is 0 Å². The van der Waals surface area contributed by atoms with Gasteiger partial charge in [0.2, 0.25) is 5.91 Å². The Bertz CT molecular complexity index is 657. The number of hydrogen-bond acceptors (Lipinski definition) is 3. The molecule has 0 unspecified atom stereocenters. The molecule has 1 aliphatic heterocycles. The standard InChI is InChI=1S/C19H23N3O/c1-15-6-2-3-8-18(15)22-11-9-16(14-22)13-21-19(23)12-17-7-4-5-10-20-17/h2-8,10,16H,9,11-14H2,1H3,(H,21,23)/t16-/m0/s1. The molecule has 120 valence electrons. The number of carbonyl (C=O) groups excluding carboxylic acids is 1. The van der Waals surface area contributed by atoms with Gasteiger partial charge in [0.25, 0.3) is 0 Å². The van der Waals surface area contributed by atoms with E-state index in [1.807, 2.05) is 18.2 Å². The molecule has 0 radical (unpaired) electrons. The van der Waals surface area contributed by atoms with E-state index in [1.54, 1.807) is 6.20 Å². The fourth-order valence-corrected chi connectivity index (χ4v) is 3.12. The zero-order chi connectivity index (χ0) is 16.1. The van der Waals surface area contributed by atoms with Gasteiger partial charge in [-0.25, -0.2) is 0 Å². The van der Waals surface area contributed by atoms with Crippen molar-refractivity contribution in [2.45, 2.75) is 19.8 Å². The fraction of sp³-hybridized carbons (Fsp3) is 0.368. The average molecular weight is 309 g/mol. The first-order valence-corrected chi connectivity index (χ1v) is 8.19. The lowest BCUT2D eigenvalue weighted by molar-refractivity contribution is -0.120. The molecule has 4 heteroatoms. The van der Waals surface area contributed by atoms with Gasteiger partial charge in [-0.1, -0.05) is 24.3 Å². The Kier molecular flexibility index (Phi) is 4.91. The van der Waals surface area contributed by atoms with Crippen LogP contribution in [-0.2, 0) is 11.2 Å². The Morgan fingerprint density at radius 3 is 2.87 bits per heavy atom. The number of hydrogen-bond donors (Lipinski definition) is 1. The van der Waals surface area contributed by atoms with Crippen LogP contribution in [0.1, 0.15) is 17.7 Å². The number of carbonyl (C=O) groups is 1. The van der Waals surface area contributed by atoms with Crippen LogP contribution in [0.4, 0.5) is 5.69 Å². The third-order valence-electron chi connectivity index (χ3n) is 4.40. The Morgan fingerprint density at radius 2 is 2.09 bits per heavy atom. The number of amides is 1. The SMILES string of the molecule is Cc1ccccc1N1CC[C@@H](CNC(=O)Cc2ccccn2)C1. The lowest BCUT2D eigenvalue weighted by Gasteiger charge is -2.21. The van der Waals surface area contributed by atoms with E-state index < -0.39 is 0 Å². The summed E-state index contributed by atoms with van der Waals surface area (Å²) in [5, 5.41) is 3.05. The third-order valence-corrected chi connectivity index (χ3v) is 4.40. The van der Waals surface area contributed by atoms with Gasteiger partial charge in [0.15, 0.2) is 0 Å². The largest absolute Gasteiger partial charge is 0.371 e. The Balaban J connectivity index is 1.47. The van der Waals surface area contributed by atoms with Crippen molar-refractivity contribution in [2.24, 2.45) is 5.92 Å². The van der Waals surface area contributed by atoms with Crippen molar-refractivity contribution < 1.29 is 4.79 Å². The molecule has 1 atom stereocenters. The topological polar surface area (TPSA) is 45.2 Å². The maximum absolute atomic E-state index is 12.0. The molecule has 2 aromatic rings. The van der Waals surface area contributed by atoms with Gasteiger partial charge in [0.1, 0.15) is 0 Å². The van der Waals surface area contributed by atoms with E-state index in [4.69, 9.17) is 0 Å². The van der Waals surface area contributed by atoms with E-state index in [9.17, 15) is 4.79 Å². The summed E-state index contributed by atoms with van der Waals surface area (Å²) in [6.07, 6.45) is 3.20. The number of pyridine rings is 1. The normalized spacial score (nSPS) is 17.3. The minimum Gasteiger partial charge on any atom is -0.371 e. The van der Waals surface area contributed by atoms with Gasteiger partial charge >= 0.3 is 0 Å². The fourth-order valence-electron chi connectivity index (χ4n) is 3.12. The molecule has 1 aromatic heterocycles. The van der Waals surface area contributed by atoms with Gasteiger partial charge in [0.05, 0.1) is 6.42 Å². The molecule has 0 aliphatic carbocycles. The van der Waals surface area contributed by atoms with Gasteiger partial charge in [-0.2, -0.15) is 0 Å². The van der Waals surface area contributed by atoms with Gasteiger partial charge < -0.3 is 10.2 Å². The Labute approximate surface area is 137 Å². The molecule has 0 spiro atoms. The molecule has 1 saturated heterocycles. The second kappa shape index (κ2) is 7.27. The van der Waals surface area contributed by atoms with Gasteiger partial charge in [0, 0.05) is 37.2 Å². The second-order valence-corrected chi connectivity index (χ2v) is 6.19. The summed E-state index contributed by atoms with van der Waals surface area (Å²) in [7, 11) is 0. The summed E-state index contributed by atoms with van der Waals surface area (Å²) in [6, 6.07) is 14.1. The monoisotopic (exact) mass is 309 g/mol. The second-order valence-electron chi connectivity index (χ2n) is 6.19. The molecule has 1 N–H and O–H groups in total. The molecule has 4 nitrogen and oxygen atoms in total. The molecular formula is C19H23N3O. The van der Waals surface area contributed by atoms with Crippen molar-refractivity contribution in [3.05, 3.63) is 59.9 Å². The molecule has 2 heterocycles. The van der Waals surface area contributed by atoms with Crippen LogP contribution in [0.2, 0.25) is 0 Å². The van der Waals surface area contributed by atoms with E-state index in [0.29, 0.717) is 12.3 Å². The quantitative estimate of drug-likeness (QED) is 0.923. The summed E-state index contributed by atoms with van der Waals surface area (Å²) in [5.41, 5.74) is 3.44. The highest BCUT2D eigenvalue weighted by atomic mass is 16.1. The van der Waals surface area contributed by atoms with Crippen molar-refractivity contribution in [1.29, 1.82) is 0 Å². The predicted molar refractivity (Wildman–Crippen MR) is 92.4 cm³/mol. The zero-order valence-corrected chi connectivity index (χ0v) is 13.5. The van der Waals surface area contributed by atoms with Gasteiger partial charge in [-0.05, 0) is 43.0 Å². The van der Waals surface area contributed by atoms with E-state index in [-0.39, 0.29) is 5.91 Å². The van der Waals surface area contributed by atoms with Crippen molar-refractivity contribution in [2.75, 3.05) is 24.5 Å². The minimum absolute atomic E-state index is 0.0537. The van der Waals surface area contributed by atoms with Crippen LogP contribution in [0.15, 0.2) is 48.7 Å². The van der Waals surface area contributed by atoms with Crippen molar-refractivity contribution >= 4 is 11.6 Å². The molecule has 0 bridgehead atoms. The summed E-state index contributed by atoms with van der Waals surface area (Å²) < 4.78 is 0. The number of aromatic nitrogens is 1. The number of aryl methyl sites for hydroxylation is 1. The van der Waals surface area contributed by atoms with E-state index in [1.165, 1.54) is 11.3 Å². The van der Waals surface area contributed by atoms with Crippen LogP contribution < -0.4 is 10.2 Å². The molecule has 1 amide bonds. The van der Waals surface area contributed by atoms with E-state index in [2.05, 4.69) is 46.4 Å². The highest BCUT2D eigenvalue weighted by molar-refractivity contribution is 5.78. The smallest absolute Gasteiger partial charge is 0.226 e. The molecule has 0 saturated carbocycles. The Hall–Kier alpha value is -2.36. The zero-order valence-electron chi connectivity index (χ0n) is 13.5. The molecular weight excluding hydrogens is 286 g/mol. The van der Waals surface area contributed by atoms with Gasteiger partial charge in [-0.15, -0.1) is 0 Å². The lowest BCUT2D eigenvalue weighted by Crippen LogP contribution is -2.32. The lowest BCUT2D eigenvalue weighted by atomic mass is 10.1. The summed E-state index contributed by atoms with van der Waals surface area (Å²) in [4.78, 5) is 18.6. The highest BCUT2D eigenvalue weighted by Gasteiger charge is 2.23. The van der Waals surface area contributed by atoms with Crippen molar-refractivity contribution in [3.63, 3.8) is 0 Å². The number of anilines is 1. The Morgan fingerprint density at radius 1 is 1.26 bits per heavy atom. The van der Waals surface area contributed by atoms with Crippen LogP contribution in [0.5, 0.6) is 0 Å². The molecule has 23 heavy (non-hydrogen) atoms. The average Bonchev–Trinajstić information content (AvgIpc) is 3.03. The van der Waals surface area contributed by atoms with Crippen LogP contribution >= 0.6 is 0 Å². The maximum Gasteiger partial charge on any atom is 0.226 e. The first kappa shape index (κ1) is 15.5. The number of para-hydroxylation sites is 1. The van der Waals surface area contributed by atoms with Crippen LogP contribution in [0, 0.1) is 12.8 Å². The molecule has 1 aromatic carbocycles. The van der Waals surface area contributed by atoms with E-state index in [0.717, 1.165) is 31.7 Å². The van der Waals surface area contributed by atoms with Gasteiger partial charge in [-0.3, -0.25) is 9.78 Å². The number of rotatable bonds is 5. The van der Waals surface area contributed by atoms with Crippen molar-refractivity contribution in [1.82, 2.24) is 10.3 Å². The summed E-state index contributed by atoms with van der Waals surface area (Å²) >= 11 is 0. The predicted octanol–water partition coefficient (Wildman–Crippen LogP) is 2.58. The number of nitrogens with one attached hydrogen (secondary N) is 1. The molecule has 1 aliphatic rings. The van der Waals surface area contributed by atoms with Crippen LogP contribution in [0.3, 0.4) is 0 Å². The highest BCUT2D eigenvalue weighted by Crippen LogP contribution is 2.26. The van der Waals surface area contributed by atoms with Crippen molar-refractivity contribution in [3.8, 4) is 0 Å². The number of nitrogens with zero attached hydrogens (tertiary/aromatic N) is 2. The first-order chi connectivity index (χ1) is 11.2. The first-order valence-electron chi connectivity index (χ1n) is 8.19. The molecule has 1 fully saturated rings. The third kappa shape index (κ3) is 4.09. The maximum atomic E-state index is 12.0. The summed E-state index contributed by atoms with van der Waals surface area (Å²) in [6.45, 7) is 4.96.